The third kappa shape index (κ3) is 4.31. The minimum atomic E-state index is -0.241. The van der Waals surface area contributed by atoms with Gasteiger partial charge in [-0.05, 0) is 36.4 Å². The van der Waals surface area contributed by atoms with Gasteiger partial charge in [0.2, 0.25) is 0 Å². The van der Waals surface area contributed by atoms with Gasteiger partial charge in [-0.3, -0.25) is 4.79 Å². The van der Waals surface area contributed by atoms with Crippen molar-refractivity contribution in [3.05, 3.63) is 54.1 Å². The summed E-state index contributed by atoms with van der Waals surface area (Å²) >= 11 is 0. The molecule has 1 aliphatic rings. The van der Waals surface area contributed by atoms with Crippen LogP contribution in [-0.2, 0) is 0 Å². The zero-order valence-electron chi connectivity index (χ0n) is 14.6. The van der Waals surface area contributed by atoms with Crippen LogP contribution in [0.25, 0.3) is 0 Å². The van der Waals surface area contributed by atoms with Crippen LogP contribution in [0.2, 0.25) is 0 Å². The van der Waals surface area contributed by atoms with Gasteiger partial charge in [0, 0.05) is 37.4 Å². The summed E-state index contributed by atoms with van der Waals surface area (Å²) < 4.78 is 5.23. The average Bonchev–Trinajstić information content (AvgIpc) is 2.69. The summed E-state index contributed by atoms with van der Waals surface area (Å²) in [7, 11) is 1.56. The Morgan fingerprint density at radius 1 is 1.00 bits per heavy atom. The molecule has 136 valence electrons. The van der Waals surface area contributed by atoms with E-state index in [4.69, 9.17) is 4.74 Å². The standard InChI is InChI=1S/C19H22N4O3/c1-26-17-5-3-2-4-16(17)22-18(24)14-6-8-15(9-7-14)21-19(25)23-12-10-20-11-13-23/h2-9,20H,10-13H2,1H3,(H,21,25)(H,22,24). The minimum absolute atomic E-state index is 0.127. The Kier molecular flexibility index (Phi) is 5.70. The lowest BCUT2D eigenvalue weighted by molar-refractivity contribution is 0.102. The predicted molar refractivity (Wildman–Crippen MR) is 101 cm³/mol. The molecule has 26 heavy (non-hydrogen) atoms. The summed E-state index contributed by atoms with van der Waals surface area (Å²) in [6.07, 6.45) is 0. The van der Waals surface area contributed by atoms with Crippen molar-refractivity contribution in [1.29, 1.82) is 0 Å². The average molecular weight is 354 g/mol. The van der Waals surface area contributed by atoms with Crippen LogP contribution >= 0.6 is 0 Å². The number of para-hydroxylation sites is 2. The molecule has 0 aliphatic carbocycles. The van der Waals surface area contributed by atoms with E-state index in [1.54, 1.807) is 48.4 Å². The molecule has 0 saturated carbocycles. The Hall–Kier alpha value is -3.06. The molecule has 2 aromatic carbocycles. The molecule has 0 atom stereocenters. The van der Waals surface area contributed by atoms with Gasteiger partial charge in [-0.15, -0.1) is 0 Å². The van der Waals surface area contributed by atoms with Gasteiger partial charge in [-0.1, -0.05) is 12.1 Å². The number of nitrogens with one attached hydrogen (secondary N) is 3. The molecule has 1 heterocycles. The van der Waals surface area contributed by atoms with Crippen LogP contribution in [0.1, 0.15) is 10.4 Å². The van der Waals surface area contributed by atoms with Crippen LogP contribution in [-0.4, -0.2) is 50.1 Å². The minimum Gasteiger partial charge on any atom is -0.495 e. The molecule has 3 amide bonds. The highest BCUT2D eigenvalue weighted by Gasteiger charge is 2.16. The zero-order chi connectivity index (χ0) is 18.4. The van der Waals surface area contributed by atoms with E-state index in [1.165, 1.54) is 0 Å². The van der Waals surface area contributed by atoms with Crippen LogP contribution in [0.4, 0.5) is 16.2 Å². The second-order valence-electron chi connectivity index (χ2n) is 5.90. The van der Waals surface area contributed by atoms with Crippen LogP contribution < -0.4 is 20.7 Å². The number of piperazine rings is 1. The first-order chi connectivity index (χ1) is 12.7. The second kappa shape index (κ2) is 8.35. The molecule has 0 unspecified atom stereocenters. The van der Waals surface area contributed by atoms with E-state index in [2.05, 4.69) is 16.0 Å². The maximum atomic E-state index is 12.4. The zero-order valence-corrected chi connectivity index (χ0v) is 14.6. The monoisotopic (exact) mass is 354 g/mol. The van der Waals surface area contributed by atoms with E-state index in [0.717, 1.165) is 13.1 Å². The third-order valence-corrected chi connectivity index (χ3v) is 4.16. The van der Waals surface area contributed by atoms with Gasteiger partial charge in [0.15, 0.2) is 0 Å². The summed E-state index contributed by atoms with van der Waals surface area (Å²) in [6.45, 7) is 2.97. The van der Waals surface area contributed by atoms with Crippen molar-refractivity contribution < 1.29 is 14.3 Å². The number of urea groups is 1. The van der Waals surface area contributed by atoms with Gasteiger partial charge in [-0.2, -0.15) is 0 Å². The van der Waals surface area contributed by atoms with Crippen molar-refractivity contribution in [3.8, 4) is 5.75 Å². The number of amides is 3. The fourth-order valence-corrected chi connectivity index (χ4v) is 2.72. The molecule has 3 rings (SSSR count). The molecule has 0 aromatic heterocycles. The number of benzene rings is 2. The lowest BCUT2D eigenvalue weighted by Crippen LogP contribution is -2.48. The maximum absolute atomic E-state index is 12.4. The van der Waals surface area contributed by atoms with Gasteiger partial charge in [-0.25, -0.2) is 4.79 Å². The van der Waals surface area contributed by atoms with E-state index in [-0.39, 0.29) is 11.9 Å². The van der Waals surface area contributed by atoms with E-state index in [9.17, 15) is 9.59 Å². The number of methoxy groups -OCH3 is 1. The fourth-order valence-electron chi connectivity index (χ4n) is 2.72. The van der Waals surface area contributed by atoms with Crippen molar-refractivity contribution in [2.45, 2.75) is 0 Å². The van der Waals surface area contributed by atoms with Crippen molar-refractivity contribution >= 4 is 23.3 Å². The van der Waals surface area contributed by atoms with E-state index >= 15 is 0 Å². The Balaban J connectivity index is 1.61. The number of carbonyl (C=O) groups excluding carboxylic acids is 2. The summed E-state index contributed by atoms with van der Waals surface area (Å²) in [5, 5.41) is 8.88. The molecule has 2 aromatic rings. The molecule has 0 bridgehead atoms. The predicted octanol–water partition coefficient (Wildman–Crippen LogP) is 2.38. The Morgan fingerprint density at radius 2 is 1.69 bits per heavy atom. The molecule has 1 fully saturated rings. The molecular formula is C19H22N4O3. The van der Waals surface area contributed by atoms with Crippen LogP contribution in [0.15, 0.2) is 48.5 Å². The topological polar surface area (TPSA) is 82.7 Å². The Morgan fingerprint density at radius 3 is 2.38 bits per heavy atom. The molecule has 3 N–H and O–H groups in total. The smallest absolute Gasteiger partial charge is 0.321 e. The first-order valence-corrected chi connectivity index (χ1v) is 8.48. The third-order valence-electron chi connectivity index (χ3n) is 4.16. The van der Waals surface area contributed by atoms with Gasteiger partial charge >= 0.3 is 6.03 Å². The summed E-state index contributed by atoms with van der Waals surface area (Å²) in [4.78, 5) is 26.3. The molecule has 0 spiro atoms. The quantitative estimate of drug-likeness (QED) is 0.787. The molecule has 1 aliphatic heterocycles. The molecular weight excluding hydrogens is 332 g/mol. The molecule has 1 saturated heterocycles. The number of ether oxygens (including phenoxy) is 1. The largest absolute Gasteiger partial charge is 0.495 e. The highest BCUT2D eigenvalue weighted by atomic mass is 16.5. The van der Waals surface area contributed by atoms with E-state index in [0.29, 0.717) is 35.8 Å². The lowest BCUT2D eigenvalue weighted by Gasteiger charge is -2.27. The number of nitrogens with zero attached hydrogens (tertiary/aromatic N) is 1. The van der Waals surface area contributed by atoms with Crippen LogP contribution in [0.3, 0.4) is 0 Å². The molecule has 7 nitrogen and oxygen atoms in total. The summed E-state index contributed by atoms with van der Waals surface area (Å²) in [5.74, 6) is 0.357. The number of carbonyl (C=O) groups is 2. The van der Waals surface area contributed by atoms with Gasteiger partial charge in [0.1, 0.15) is 5.75 Å². The second-order valence-corrected chi connectivity index (χ2v) is 5.90. The van der Waals surface area contributed by atoms with Crippen molar-refractivity contribution in [2.75, 3.05) is 43.9 Å². The number of hydrogen-bond acceptors (Lipinski definition) is 4. The first-order valence-electron chi connectivity index (χ1n) is 8.48. The number of rotatable bonds is 4. The van der Waals surface area contributed by atoms with Gasteiger partial charge < -0.3 is 25.6 Å². The van der Waals surface area contributed by atoms with Crippen LogP contribution in [0, 0.1) is 0 Å². The van der Waals surface area contributed by atoms with Crippen molar-refractivity contribution in [1.82, 2.24) is 10.2 Å². The van der Waals surface area contributed by atoms with Crippen molar-refractivity contribution in [3.63, 3.8) is 0 Å². The van der Waals surface area contributed by atoms with E-state index < -0.39 is 0 Å². The number of hydrogen-bond donors (Lipinski definition) is 3. The summed E-state index contributed by atoms with van der Waals surface area (Å²) in [5.41, 5.74) is 1.76. The fraction of sp³-hybridized carbons (Fsp3) is 0.263. The van der Waals surface area contributed by atoms with Crippen LogP contribution in [0.5, 0.6) is 5.75 Å². The molecule has 0 radical (unpaired) electrons. The first kappa shape index (κ1) is 17.8. The highest BCUT2D eigenvalue weighted by Crippen LogP contribution is 2.23. The Bertz CT molecular complexity index is 771. The van der Waals surface area contributed by atoms with Gasteiger partial charge in [0.05, 0.1) is 12.8 Å². The highest BCUT2D eigenvalue weighted by molar-refractivity contribution is 6.05. The number of anilines is 2. The summed E-state index contributed by atoms with van der Waals surface area (Å²) in [6, 6.07) is 13.9. The Labute approximate surface area is 152 Å². The maximum Gasteiger partial charge on any atom is 0.321 e. The van der Waals surface area contributed by atoms with Crippen molar-refractivity contribution in [2.24, 2.45) is 0 Å². The molecule has 7 heteroatoms. The lowest BCUT2D eigenvalue weighted by atomic mass is 10.2. The van der Waals surface area contributed by atoms with E-state index in [1.807, 2.05) is 12.1 Å². The SMILES string of the molecule is COc1ccccc1NC(=O)c1ccc(NC(=O)N2CCNCC2)cc1. The van der Waals surface area contributed by atoms with Gasteiger partial charge in [0.25, 0.3) is 5.91 Å². The normalized spacial score (nSPS) is 13.8.